The lowest BCUT2D eigenvalue weighted by molar-refractivity contribution is -0.123. The van der Waals surface area contributed by atoms with Crippen molar-refractivity contribution < 1.29 is 57.6 Å². The van der Waals surface area contributed by atoms with Crippen molar-refractivity contribution in [1.82, 2.24) is 20.4 Å². The van der Waals surface area contributed by atoms with E-state index in [-0.39, 0.29) is 93.1 Å². The molecule has 68 heavy (non-hydrogen) atoms. The normalized spacial score (nSPS) is 16.5. The standard InChI is InChI=1S/C47H63N7O12S2/c1-30-19-32-25-50-36-23-40(38(61-5)21-34(36)44(58)53(32)27-30)64-16-9-8-10-17-65-41-24-37(35(22-39(41)62-6)45(59)54-28-31(2)20-33(54)26-51-63-7)52-46(60)66-29-47(3,4)68-67-18-12-43(57)49-14-13-48-42(56)11-15-55/h21-26,32-33,55H,1-2,8-20,27-29H2,3-7H3,(H,48,56)(H,49,57)(H,52,60)/b51-26+/t32?,33-/m0/s1. The number of hydrogen-bond acceptors (Lipinski definition) is 16. The van der Waals surface area contributed by atoms with Crippen LogP contribution in [0.4, 0.5) is 16.2 Å². The number of amides is 5. The summed E-state index contributed by atoms with van der Waals surface area (Å²) >= 11 is 0. The first-order chi connectivity index (χ1) is 32.7. The molecule has 2 aromatic carbocycles. The highest BCUT2D eigenvalue weighted by Gasteiger charge is 2.35. The fourth-order valence-electron chi connectivity index (χ4n) is 7.36. The summed E-state index contributed by atoms with van der Waals surface area (Å²) in [7, 11) is 7.33. The third kappa shape index (κ3) is 15.3. The van der Waals surface area contributed by atoms with E-state index in [2.05, 4.69) is 39.3 Å². The highest BCUT2D eigenvalue weighted by Crippen LogP contribution is 2.40. The second-order valence-electron chi connectivity index (χ2n) is 16.7. The molecule has 2 fully saturated rings. The lowest BCUT2D eigenvalue weighted by atomic mass is 10.1. The summed E-state index contributed by atoms with van der Waals surface area (Å²) < 4.78 is 28.7. The maximum atomic E-state index is 14.2. The Kier molecular flexibility index (Phi) is 20.3. The number of methoxy groups -OCH3 is 2. The van der Waals surface area contributed by atoms with Gasteiger partial charge in [-0.2, -0.15) is 0 Å². The highest BCUT2D eigenvalue weighted by molar-refractivity contribution is 8.77. The van der Waals surface area contributed by atoms with Crippen LogP contribution in [0.2, 0.25) is 0 Å². The molecule has 21 heteroatoms. The van der Waals surface area contributed by atoms with Gasteiger partial charge in [-0.15, -0.1) is 0 Å². The topological polar surface area (TPSA) is 228 Å². The minimum absolute atomic E-state index is 0.00701. The smallest absolute Gasteiger partial charge is 0.411 e. The molecule has 2 atom stereocenters. The first-order valence-electron chi connectivity index (χ1n) is 22.3. The van der Waals surface area contributed by atoms with Crippen molar-refractivity contribution >= 4 is 75.1 Å². The SMILES string of the molecule is C=C1CC2C=Nc3cc(OCCCCCOc4cc(NC(=O)OCC(C)(C)SSCCC(=O)NCCNC(=O)CCO)c(C(=O)N5CC(=C)C[C@H]5/C=N/OC)cc4OC)c(OC)cc3C(=O)N2C1. The number of anilines is 1. The van der Waals surface area contributed by atoms with Gasteiger partial charge in [0.15, 0.2) is 23.0 Å². The van der Waals surface area contributed by atoms with Crippen LogP contribution in [0.3, 0.4) is 0 Å². The predicted octanol–water partition coefficient (Wildman–Crippen LogP) is 5.93. The number of fused-ring (bicyclic) bond motifs is 2. The molecule has 0 aliphatic carbocycles. The van der Waals surface area contributed by atoms with E-state index >= 15 is 0 Å². The molecule has 0 radical (unpaired) electrons. The number of aliphatic hydroxyl groups excluding tert-OH is 1. The van der Waals surface area contributed by atoms with Crippen LogP contribution in [0.1, 0.15) is 79.5 Å². The number of unbranched alkanes of at least 4 members (excludes halogenated alkanes) is 2. The molecule has 2 saturated heterocycles. The molecule has 2 aromatic rings. The summed E-state index contributed by atoms with van der Waals surface area (Å²) in [5.74, 6) is 1.04. The molecule has 3 aliphatic heterocycles. The molecule has 5 amide bonds. The number of aliphatic hydroxyl groups is 1. The van der Waals surface area contributed by atoms with Crippen LogP contribution in [0.5, 0.6) is 23.0 Å². The van der Waals surface area contributed by atoms with Gasteiger partial charge < -0.3 is 54.1 Å². The summed E-state index contributed by atoms with van der Waals surface area (Å²) in [4.78, 5) is 77.5. The van der Waals surface area contributed by atoms with Gasteiger partial charge in [-0.1, -0.05) is 51.0 Å². The van der Waals surface area contributed by atoms with Gasteiger partial charge in [0.05, 0.1) is 79.6 Å². The van der Waals surface area contributed by atoms with Crippen LogP contribution in [-0.4, -0.2) is 154 Å². The molecule has 3 heterocycles. The molecule has 4 N–H and O–H groups in total. The zero-order valence-corrected chi connectivity index (χ0v) is 41.0. The summed E-state index contributed by atoms with van der Waals surface area (Å²) in [6.45, 7) is 13.7. The Balaban J connectivity index is 1.16. The fourth-order valence-corrected chi connectivity index (χ4v) is 9.74. The number of carbonyl (C=O) groups is 5. The van der Waals surface area contributed by atoms with Crippen molar-refractivity contribution in [3.8, 4) is 23.0 Å². The lowest BCUT2D eigenvalue weighted by Gasteiger charge is -2.25. The van der Waals surface area contributed by atoms with Crippen molar-refractivity contribution in [2.75, 3.05) is 85.0 Å². The van der Waals surface area contributed by atoms with Gasteiger partial charge in [0.1, 0.15) is 13.7 Å². The average molecular weight is 982 g/mol. The van der Waals surface area contributed by atoms with Crippen LogP contribution in [0.25, 0.3) is 0 Å². The average Bonchev–Trinajstić information content (AvgIpc) is 3.86. The van der Waals surface area contributed by atoms with E-state index in [0.29, 0.717) is 73.1 Å². The fraction of sp³-hybridized carbons (Fsp3) is 0.511. The van der Waals surface area contributed by atoms with Gasteiger partial charge in [0.2, 0.25) is 11.8 Å². The van der Waals surface area contributed by atoms with E-state index in [1.54, 1.807) is 34.2 Å². The first-order valence-corrected chi connectivity index (χ1v) is 24.6. The number of likely N-dealkylation sites (tertiary alicyclic amines) is 1. The van der Waals surface area contributed by atoms with E-state index in [4.69, 9.17) is 33.6 Å². The van der Waals surface area contributed by atoms with Gasteiger partial charge in [-0.3, -0.25) is 29.5 Å². The molecular formula is C47H63N7O12S2. The Bertz CT molecular complexity index is 2220. The number of oxime groups is 1. The second kappa shape index (κ2) is 26.0. The second-order valence-corrected chi connectivity index (χ2v) is 19.9. The number of rotatable bonds is 26. The van der Waals surface area contributed by atoms with Crippen LogP contribution in [0.15, 0.2) is 58.7 Å². The molecule has 1 unspecified atom stereocenters. The van der Waals surface area contributed by atoms with Crippen LogP contribution >= 0.6 is 21.6 Å². The zero-order chi connectivity index (χ0) is 49.2. The lowest BCUT2D eigenvalue weighted by Crippen LogP contribution is -2.37. The molecule has 370 valence electrons. The number of nitrogens with one attached hydrogen (secondary N) is 3. The van der Waals surface area contributed by atoms with E-state index in [1.165, 1.54) is 55.2 Å². The van der Waals surface area contributed by atoms with E-state index in [0.717, 1.165) is 17.6 Å². The number of benzene rings is 2. The number of nitrogens with zero attached hydrogens (tertiary/aromatic N) is 4. The summed E-state index contributed by atoms with van der Waals surface area (Å²) in [6.07, 6.45) is 6.02. The van der Waals surface area contributed by atoms with Crippen LogP contribution in [-0.2, 0) is 19.2 Å². The molecule has 0 spiro atoms. The largest absolute Gasteiger partial charge is 0.493 e. The molecule has 5 rings (SSSR count). The van der Waals surface area contributed by atoms with E-state index in [1.807, 2.05) is 13.8 Å². The number of carbonyl (C=O) groups excluding carboxylic acids is 5. The maximum absolute atomic E-state index is 14.2. The minimum atomic E-state index is -0.793. The predicted molar refractivity (Wildman–Crippen MR) is 263 cm³/mol. The molecule has 0 bridgehead atoms. The highest BCUT2D eigenvalue weighted by atomic mass is 33.1. The third-order valence-corrected chi connectivity index (χ3v) is 14.0. The summed E-state index contributed by atoms with van der Waals surface area (Å²) in [5.41, 5.74) is 3.08. The van der Waals surface area contributed by atoms with Crippen molar-refractivity contribution in [1.29, 1.82) is 0 Å². The van der Waals surface area contributed by atoms with Crippen molar-refractivity contribution in [2.45, 2.75) is 75.6 Å². The quantitative estimate of drug-likeness (QED) is 0.0282. The minimum Gasteiger partial charge on any atom is -0.493 e. The monoisotopic (exact) mass is 981 g/mol. The Hall–Kier alpha value is -5.93. The van der Waals surface area contributed by atoms with Gasteiger partial charge in [-0.25, -0.2) is 4.79 Å². The zero-order valence-electron chi connectivity index (χ0n) is 39.4. The first kappa shape index (κ1) is 53.0. The van der Waals surface area contributed by atoms with Gasteiger partial charge in [0, 0.05) is 63.1 Å². The number of hydrogen-bond donors (Lipinski definition) is 4. The molecule has 19 nitrogen and oxygen atoms in total. The van der Waals surface area contributed by atoms with Crippen molar-refractivity contribution in [3.63, 3.8) is 0 Å². The summed E-state index contributed by atoms with van der Waals surface area (Å²) in [5, 5.41) is 20.8. The molecule has 0 aromatic heterocycles. The Morgan fingerprint density at radius 3 is 2.24 bits per heavy atom. The molecule has 3 aliphatic rings. The molecular weight excluding hydrogens is 919 g/mol. The van der Waals surface area contributed by atoms with E-state index in [9.17, 15) is 24.0 Å². The summed E-state index contributed by atoms with van der Waals surface area (Å²) in [6, 6.07) is 5.93. The Labute approximate surface area is 405 Å². The van der Waals surface area contributed by atoms with Crippen LogP contribution < -0.4 is 34.9 Å². The third-order valence-electron chi connectivity index (χ3n) is 10.8. The van der Waals surface area contributed by atoms with Crippen molar-refractivity contribution in [3.05, 3.63) is 59.7 Å². The molecule has 0 saturated carbocycles. The maximum Gasteiger partial charge on any atom is 0.411 e. The van der Waals surface area contributed by atoms with Crippen LogP contribution in [0, 0.1) is 0 Å². The number of ether oxygens (including phenoxy) is 5. The van der Waals surface area contributed by atoms with Gasteiger partial charge in [-0.05, 0) is 58.1 Å². The van der Waals surface area contributed by atoms with Crippen molar-refractivity contribution in [2.24, 2.45) is 10.1 Å². The van der Waals surface area contributed by atoms with E-state index < -0.39 is 22.8 Å². The van der Waals surface area contributed by atoms with Gasteiger partial charge >= 0.3 is 6.09 Å². The van der Waals surface area contributed by atoms with Gasteiger partial charge in [0.25, 0.3) is 11.8 Å². The number of aliphatic imine (C=N–C) groups is 1. The Morgan fingerprint density at radius 2 is 1.56 bits per heavy atom. The Morgan fingerprint density at radius 1 is 0.897 bits per heavy atom.